The standard InChI is InChI=1S/C15H20N2S/c1-11(17-7-6-12(9-16)10-17)15-8-13-4-2-3-5-14(13)18-15/h2-5,8,11-12H,6-7,9-10,16H2,1H3. The molecule has 1 aliphatic heterocycles. The van der Waals surface area contributed by atoms with Gasteiger partial charge < -0.3 is 5.73 Å². The lowest BCUT2D eigenvalue weighted by molar-refractivity contribution is 0.257. The lowest BCUT2D eigenvalue weighted by Crippen LogP contribution is -2.25. The van der Waals surface area contributed by atoms with Gasteiger partial charge in [-0.05, 0) is 49.9 Å². The summed E-state index contributed by atoms with van der Waals surface area (Å²) in [5.41, 5.74) is 5.77. The Morgan fingerprint density at radius 3 is 3.00 bits per heavy atom. The van der Waals surface area contributed by atoms with E-state index in [1.54, 1.807) is 0 Å². The van der Waals surface area contributed by atoms with E-state index in [1.165, 1.54) is 27.9 Å². The van der Waals surface area contributed by atoms with E-state index in [1.807, 2.05) is 11.3 Å². The molecule has 0 amide bonds. The number of fused-ring (bicyclic) bond motifs is 1. The lowest BCUT2D eigenvalue weighted by Gasteiger charge is -2.23. The first-order valence-electron chi connectivity index (χ1n) is 6.70. The summed E-state index contributed by atoms with van der Waals surface area (Å²) in [5, 5.41) is 1.37. The minimum Gasteiger partial charge on any atom is -0.330 e. The molecule has 0 radical (unpaired) electrons. The summed E-state index contributed by atoms with van der Waals surface area (Å²) >= 11 is 1.93. The first kappa shape index (κ1) is 12.2. The molecule has 1 aromatic carbocycles. The Hall–Kier alpha value is -0.900. The second kappa shape index (κ2) is 5.00. The average Bonchev–Trinajstić information content (AvgIpc) is 3.04. The average molecular weight is 260 g/mol. The van der Waals surface area contributed by atoms with Crippen LogP contribution in [0, 0.1) is 5.92 Å². The van der Waals surface area contributed by atoms with Crippen LogP contribution in [0.5, 0.6) is 0 Å². The maximum atomic E-state index is 5.77. The Balaban J connectivity index is 1.81. The Kier molecular flexibility index (Phi) is 3.37. The van der Waals surface area contributed by atoms with Crippen molar-refractivity contribution in [2.75, 3.05) is 19.6 Å². The van der Waals surface area contributed by atoms with E-state index in [4.69, 9.17) is 5.73 Å². The zero-order chi connectivity index (χ0) is 12.5. The number of likely N-dealkylation sites (tertiary alicyclic amines) is 1. The van der Waals surface area contributed by atoms with E-state index < -0.39 is 0 Å². The molecule has 0 spiro atoms. The third-order valence-corrected chi connectivity index (χ3v) is 5.34. The van der Waals surface area contributed by atoms with Crippen LogP contribution < -0.4 is 5.73 Å². The second-order valence-corrected chi connectivity index (χ2v) is 6.36. The molecule has 1 fully saturated rings. The van der Waals surface area contributed by atoms with Gasteiger partial charge in [0.25, 0.3) is 0 Å². The molecule has 0 aliphatic carbocycles. The SMILES string of the molecule is CC(c1cc2ccccc2s1)N1CCC(CN)C1. The minimum atomic E-state index is 0.527. The number of thiophene rings is 1. The molecule has 2 heterocycles. The molecule has 96 valence electrons. The van der Waals surface area contributed by atoms with Crippen LogP contribution in [0.2, 0.25) is 0 Å². The van der Waals surface area contributed by atoms with Crippen molar-refractivity contribution in [1.82, 2.24) is 4.90 Å². The predicted molar refractivity (Wildman–Crippen MR) is 79.0 cm³/mol. The third kappa shape index (κ3) is 2.18. The van der Waals surface area contributed by atoms with Gasteiger partial charge in [0, 0.05) is 22.2 Å². The fourth-order valence-electron chi connectivity index (χ4n) is 2.80. The Labute approximate surface area is 112 Å². The summed E-state index contributed by atoms with van der Waals surface area (Å²) < 4.78 is 1.40. The Morgan fingerprint density at radius 2 is 2.28 bits per heavy atom. The number of nitrogens with two attached hydrogens (primary N) is 1. The monoisotopic (exact) mass is 260 g/mol. The number of hydrogen-bond acceptors (Lipinski definition) is 3. The van der Waals surface area contributed by atoms with Gasteiger partial charge in [-0.15, -0.1) is 11.3 Å². The summed E-state index contributed by atoms with van der Waals surface area (Å²) in [7, 11) is 0. The molecule has 0 saturated carbocycles. The fraction of sp³-hybridized carbons (Fsp3) is 0.467. The summed E-state index contributed by atoms with van der Waals surface area (Å²) in [4.78, 5) is 4.05. The highest BCUT2D eigenvalue weighted by Gasteiger charge is 2.26. The van der Waals surface area contributed by atoms with Crippen molar-refractivity contribution in [3.05, 3.63) is 35.2 Å². The normalized spacial score (nSPS) is 22.7. The van der Waals surface area contributed by atoms with Crippen molar-refractivity contribution < 1.29 is 0 Å². The van der Waals surface area contributed by atoms with Gasteiger partial charge >= 0.3 is 0 Å². The molecule has 2 unspecified atom stereocenters. The van der Waals surface area contributed by atoms with Crippen LogP contribution in [0.15, 0.2) is 30.3 Å². The van der Waals surface area contributed by atoms with Gasteiger partial charge in [-0.3, -0.25) is 4.90 Å². The summed E-state index contributed by atoms with van der Waals surface area (Å²) in [6, 6.07) is 11.5. The summed E-state index contributed by atoms with van der Waals surface area (Å²) in [6.45, 7) is 5.50. The van der Waals surface area contributed by atoms with Crippen LogP contribution in [-0.2, 0) is 0 Å². The smallest absolute Gasteiger partial charge is 0.0413 e. The van der Waals surface area contributed by atoms with Crippen molar-refractivity contribution in [2.24, 2.45) is 11.7 Å². The first-order valence-corrected chi connectivity index (χ1v) is 7.52. The summed E-state index contributed by atoms with van der Waals surface area (Å²) in [5.74, 6) is 0.696. The van der Waals surface area contributed by atoms with Crippen LogP contribution in [0.1, 0.15) is 24.3 Å². The van der Waals surface area contributed by atoms with Gasteiger partial charge in [-0.25, -0.2) is 0 Å². The van der Waals surface area contributed by atoms with Gasteiger partial charge in [-0.1, -0.05) is 18.2 Å². The Bertz CT molecular complexity index is 501. The van der Waals surface area contributed by atoms with Crippen molar-refractivity contribution in [2.45, 2.75) is 19.4 Å². The predicted octanol–water partition coefficient (Wildman–Crippen LogP) is 3.24. The largest absolute Gasteiger partial charge is 0.330 e. The molecule has 1 aromatic heterocycles. The van der Waals surface area contributed by atoms with Crippen LogP contribution in [0.25, 0.3) is 10.1 Å². The van der Waals surface area contributed by atoms with E-state index in [0.717, 1.165) is 13.1 Å². The topological polar surface area (TPSA) is 29.3 Å². The first-order chi connectivity index (χ1) is 8.78. The highest BCUT2D eigenvalue weighted by molar-refractivity contribution is 7.19. The molecule has 0 bridgehead atoms. The highest BCUT2D eigenvalue weighted by atomic mass is 32.1. The number of nitrogens with zero attached hydrogens (tertiary/aromatic N) is 1. The van der Waals surface area contributed by atoms with E-state index in [-0.39, 0.29) is 0 Å². The molecular formula is C15H20N2S. The molecule has 1 saturated heterocycles. The van der Waals surface area contributed by atoms with E-state index in [0.29, 0.717) is 12.0 Å². The molecule has 2 N–H and O–H groups in total. The van der Waals surface area contributed by atoms with Crippen LogP contribution in [0.3, 0.4) is 0 Å². The number of hydrogen-bond donors (Lipinski definition) is 1. The lowest BCUT2D eigenvalue weighted by atomic mass is 10.1. The van der Waals surface area contributed by atoms with Gasteiger partial charge in [0.05, 0.1) is 0 Å². The molecule has 2 aromatic rings. The molecule has 3 rings (SSSR count). The molecule has 1 aliphatic rings. The van der Waals surface area contributed by atoms with Crippen molar-refractivity contribution in [3.8, 4) is 0 Å². The minimum absolute atomic E-state index is 0.527. The highest BCUT2D eigenvalue weighted by Crippen LogP contribution is 2.34. The van der Waals surface area contributed by atoms with Crippen LogP contribution >= 0.6 is 11.3 Å². The number of benzene rings is 1. The van der Waals surface area contributed by atoms with E-state index in [2.05, 4.69) is 42.2 Å². The van der Waals surface area contributed by atoms with Gasteiger partial charge in [0.1, 0.15) is 0 Å². The van der Waals surface area contributed by atoms with Crippen molar-refractivity contribution >= 4 is 21.4 Å². The molecular weight excluding hydrogens is 240 g/mol. The van der Waals surface area contributed by atoms with E-state index in [9.17, 15) is 0 Å². The third-order valence-electron chi connectivity index (χ3n) is 4.05. The van der Waals surface area contributed by atoms with Crippen LogP contribution in [-0.4, -0.2) is 24.5 Å². The summed E-state index contributed by atoms with van der Waals surface area (Å²) in [6.07, 6.45) is 1.26. The quantitative estimate of drug-likeness (QED) is 0.918. The van der Waals surface area contributed by atoms with E-state index >= 15 is 0 Å². The molecule has 3 heteroatoms. The molecule has 2 atom stereocenters. The zero-order valence-electron chi connectivity index (χ0n) is 10.8. The second-order valence-electron chi connectivity index (χ2n) is 5.25. The fourth-order valence-corrected chi connectivity index (χ4v) is 3.95. The maximum Gasteiger partial charge on any atom is 0.0413 e. The zero-order valence-corrected chi connectivity index (χ0v) is 11.6. The Morgan fingerprint density at radius 1 is 1.44 bits per heavy atom. The van der Waals surface area contributed by atoms with Crippen molar-refractivity contribution in [1.29, 1.82) is 0 Å². The molecule has 18 heavy (non-hydrogen) atoms. The molecule has 2 nitrogen and oxygen atoms in total. The van der Waals surface area contributed by atoms with Gasteiger partial charge in [-0.2, -0.15) is 0 Å². The van der Waals surface area contributed by atoms with Crippen molar-refractivity contribution in [3.63, 3.8) is 0 Å². The van der Waals surface area contributed by atoms with Gasteiger partial charge in [0.15, 0.2) is 0 Å². The van der Waals surface area contributed by atoms with Crippen LogP contribution in [0.4, 0.5) is 0 Å². The van der Waals surface area contributed by atoms with Gasteiger partial charge in [0.2, 0.25) is 0 Å². The maximum absolute atomic E-state index is 5.77. The number of rotatable bonds is 3.